The van der Waals surface area contributed by atoms with Crippen molar-refractivity contribution < 1.29 is 14.4 Å². The molecule has 8 nitrogen and oxygen atoms in total. The van der Waals surface area contributed by atoms with E-state index in [9.17, 15) is 14.4 Å². The first-order chi connectivity index (χ1) is 17.2. The van der Waals surface area contributed by atoms with Crippen LogP contribution in [0.25, 0.3) is 0 Å². The molecule has 1 aromatic rings. The molecule has 2 N–H and O–H groups in total. The maximum absolute atomic E-state index is 13.3. The van der Waals surface area contributed by atoms with Crippen LogP contribution in [-0.4, -0.2) is 57.1 Å². The largest absolute Gasteiger partial charge is 0.351 e. The Hall–Kier alpha value is -2.38. The van der Waals surface area contributed by atoms with E-state index in [-0.39, 0.29) is 47.5 Å². The summed E-state index contributed by atoms with van der Waals surface area (Å²) < 4.78 is 1.56. The third-order valence-electron chi connectivity index (χ3n) is 10.5. The van der Waals surface area contributed by atoms with Crippen LogP contribution in [-0.2, 0) is 11.3 Å². The zero-order chi connectivity index (χ0) is 25.2. The summed E-state index contributed by atoms with van der Waals surface area (Å²) in [6, 6.07) is 1.85. The Balaban J connectivity index is 1.17. The van der Waals surface area contributed by atoms with E-state index >= 15 is 0 Å². The average molecular weight is 496 g/mol. The minimum Gasteiger partial charge on any atom is -0.351 e. The Morgan fingerprint density at radius 3 is 2.28 bits per heavy atom. The molecule has 6 aliphatic rings. The van der Waals surface area contributed by atoms with Gasteiger partial charge < -0.3 is 15.5 Å². The van der Waals surface area contributed by atoms with Gasteiger partial charge in [-0.05, 0) is 88.4 Å². The molecular weight excluding hydrogens is 454 g/mol. The highest BCUT2D eigenvalue weighted by atomic mass is 16.2. The second-order valence-electron chi connectivity index (χ2n) is 13.0. The number of aromatic nitrogens is 2. The zero-order valence-electron chi connectivity index (χ0n) is 22.0. The van der Waals surface area contributed by atoms with Crippen molar-refractivity contribution in [1.29, 1.82) is 0 Å². The highest BCUT2D eigenvalue weighted by molar-refractivity contribution is 6.01. The first-order valence-corrected chi connectivity index (χ1v) is 14.1. The molecule has 196 valence electrons. The van der Waals surface area contributed by atoms with Crippen LogP contribution in [0.15, 0.2) is 6.07 Å². The summed E-state index contributed by atoms with van der Waals surface area (Å²) in [5, 5.41) is 11.0. The summed E-state index contributed by atoms with van der Waals surface area (Å²) in [7, 11) is 1.67. The lowest BCUT2D eigenvalue weighted by atomic mass is 9.48. The van der Waals surface area contributed by atoms with Crippen LogP contribution in [0.3, 0.4) is 0 Å². The Morgan fingerprint density at radius 2 is 1.67 bits per heavy atom. The topological polar surface area (TPSA) is 96.3 Å². The summed E-state index contributed by atoms with van der Waals surface area (Å²) in [6.45, 7) is 4.19. The van der Waals surface area contributed by atoms with Gasteiger partial charge >= 0.3 is 0 Å². The van der Waals surface area contributed by atoms with Crippen molar-refractivity contribution in [2.24, 2.45) is 23.2 Å². The van der Waals surface area contributed by atoms with Crippen molar-refractivity contribution in [3.8, 4) is 0 Å². The Labute approximate surface area is 213 Å². The number of hydrogen-bond acceptors (Lipinski definition) is 4. The SMILES string of the molecule is C[C@@H](NC(=O)c1cc2n(n1)C[C@@](C)(C(=O)NC1CCCCC1)N(C)C2=O)C12CC3CC(CC(C3)C1)C2. The van der Waals surface area contributed by atoms with E-state index in [1.54, 1.807) is 24.7 Å². The second kappa shape index (κ2) is 8.59. The maximum atomic E-state index is 13.3. The minimum absolute atomic E-state index is 0.0852. The van der Waals surface area contributed by atoms with Crippen LogP contribution >= 0.6 is 0 Å². The number of nitrogens with zero attached hydrogens (tertiary/aromatic N) is 3. The molecule has 36 heavy (non-hydrogen) atoms. The summed E-state index contributed by atoms with van der Waals surface area (Å²) in [6.07, 6.45) is 13.2. The van der Waals surface area contributed by atoms with Gasteiger partial charge in [0.15, 0.2) is 5.69 Å². The van der Waals surface area contributed by atoms with Gasteiger partial charge in [-0.15, -0.1) is 0 Å². The molecule has 1 aliphatic heterocycles. The summed E-state index contributed by atoms with van der Waals surface area (Å²) >= 11 is 0. The second-order valence-corrected chi connectivity index (χ2v) is 13.0. The fraction of sp³-hybridized carbons (Fsp3) is 0.786. The van der Waals surface area contributed by atoms with Crippen LogP contribution in [0.1, 0.15) is 105 Å². The number of carbonyl (C=O) groups is 3. The van der Waals surface area contributed by atoms with Crippen molar-refractivity contribution in [2.75, 3.05) is 7.05 Å². The van der Waals surface area contributed by atoms with Gasteiger partial charge in [-0.1, -0.05) is 19.3 Å². The summed E-state index contributed by atoms with van der Waals surface area (Å²) in [4.78, 5) is 41.4. The number of hydrogen-bond donors (Lipinski definition) is 2. The van der Waals surface area contributed by atoms with Gasteiger partial charge in [0.05, 0.1) is 6.54 Å². The molecule has 8 heteroatoms. The van der Waals surface area contributed by atoms with E-state index in [4.69, 9.17) is 0 Å². The third-order valence-corrected chi connectivity index (χ3v) is 10.5. The molecule has 0 radical (unpaired) electrons. The molecular formula is C28H41N5O3. The van der Waals surface area contributed by atoms with Crippen molar-refractivity contribution in [1.82, 2.24) is 25.3 Å². The van der Waals surface area contributed by atoms with Crippen LogP contribution in [0.2, 0.25) is 0 Å². The molecule has 5 aliphatic carbocycles. The molecule has 0 spiro atoms. The third kappa shape index (κ3) is 3.86. The van der Waals surface area contributed by atoms with Gasteiger partial charge in [0.2, 0.25) is 5.91 Å². The molecule has 0 saturated heterocycles. The fourth-order valence-corrected chi connectivity index (χ4v) is 8.56. The van der Waals surface area contributed by atoms with Crippen molar-refractivity contribution in [3.63, 3.8) is 0 Å². The van der Waals surface area contributed by atoms with Gasteiger partial charge in [-0.25, -0.2) is 0 Å². The Morgan fingerprint density at radius 1 is 1.06 bits per heavy atom. The first-order valence-electron chi connectivity index (χ1n) is 14.1. The van der Waals surface area contributed by atoms with Gasteiger partial charge in [0.25, 0.3) is 11.8 Å². The number of likely N-dealkylation sites (N-methyl/N-ethyl adjacent to an activating group) is 1. The lowest BCUT2D eigenvalue weighted by Crippen LogP contribution is -2.63. The van der Waals surface area contributed by atoms with Gasteiger partial charge in [-0.2, -0.15) is 5.10 Å². The Bertz CT molecular complexity index is 1040. The predicted molar refractivity (Wildman–Crippen MR) is 135 cm³/mol. The molecule has 7 rings (SSSR count). The molecule has 4 bridgehead atoms. The molecule has 0 unspecified atom stereocenters. The number of amides is 3. The normalized spacial score (nSPS) is 36.5. The van der Waals surface area contributed by atoms with E-state index < -0.39 is 5.54 Å². The molecule has 0 aromatic carbocycles. The fourth-order valence-electron chi connectivity index (χ4n) is 8.56. The predicted octanol–water partition coefficient (Wildman–Crippen LogP) is 3.51. The van der Waals surface area contributed by atoms with E-state index in [0.717, 1.165) is 43.4 Å². The van der Waals surface area contributed by atoms with Gasteiger partial charge in [-0.3, -0.25) is 19.1 Å². The van der Waals surface area contributed by atoms with Gasteiger partial charge in [0, 0.05) is 25.2 Å². The van der Waals surface area contributed by atoms with E-state index in [1.807, 2.05) is 0 Å². The standard InChI is InChI=1S/C28H41N5O3/c1-17(28-13-18-9-19(14-28)11-20(10-18)15-28)29-24(34)22-12-23-25(35)32(3)27(2,16-33(23)31-22)26(36)30-21-7-5-4-6-8-21/h12,17-21H,4-11,13-16H2,1-3H3,(H,29,34)(H,30,36)/t17-,18?,19?,20?,27+,28?/m1/s1. The first kappa shape index (κ1) is 24.0. The summed E-state index contributed by atoms with van der Waals surface area (Å²) in [5.74, 6) is 1.82. The molecule has 2 heterocycles. The summed E-state index contributed by atoms with van der Waals surface area (Å²) in [5.41, 5.74) is -0.211. The van der Waals surface area contributed by atoms with Crippen LogP contribution < -0.4 is 10.6 Å². The van der Waals surface area contributed by atoms with Crippen LogP contribution in [0.4, 0.5) is 0 Å². The monoisotopic (exact) mass is 495 g/mol. The minimum atomic E-state index is -1.05. The molecule has 1 aromatic heterocycles. The number of carbonyl (C=O) groups excluding carboxylic acids is 3. The molecule has 5 fully saturated rings. The lowest BCUT2D eigenvalue weighted by molar-refractivity contribution is -0.133. The van der Waals surface area contributed by atoms with Crippen LogP contribution in [0.5, 0.6) is 0 Å². The van der Waals surface area contributed by atoms with E-state index in [2.05, 4.69) is 22.7 Å². The highest BCUT2D eigenvalue weighted by Crippen LogP contribution is 2.61. The zero-order valence-corrected chi connectivity index (χ0v) is 22.0. The van der Waals surface area contributed by atoms with Crippen molar-refractivity contribution >= 4 is 17.7 Å². The number of rotatable bonds is 5. The molecule has 3 amide bonds. The van der Waals surface area contributed by atoms with Crippen LogP contribution in [0, 0.1) is 23.2 Å². The quantitative estimate of drug-likeness (QED) is 0.653. The van der Waals surface area contributed by atoms with Crippen molar-refractivity contribution in [3.05, 3.63) is 17.5 Å². The lowest BCUT2D eigenvalue weighted by Gasteiger charge is -2.59. The maximum Gasteiger partial charge on any atom is 0.272 e. The highest BCUT2D eigenvalue weighted by Gasteiger charge is 2.53. The van der Waals surface area contributed by atoms with E-state index in [1.165, 1.54) is 49.8 Å². The molecule has 5 saturated carbocycles. The van der Waals surface area contributed by atoms with E-state index in [0.29, 0.717) is 5.69 Å². The van der Waals surface area contributed by atoms with Crippen molar-refractivity contribution in [2.45, 2.75) is 109 Å². The van der Waals surface area contributed by atoms with Gasteiger partial charge in [0.1, 0.15) is 11.2 Å². The average Bonchev–Trinajstić information content (AvgIpc) is 3.26. The Kier molecular flexibility index (Phi) is 5.72. The smallest absolute Gasteiger partial charge is 0.272 e. The molecule has 2 atom stereocenters. The number of nitrogens with one attached hydrogen (secondary N) is 2. The number of fused-ring (bicyclic) bond motifs is 1.